The first-order chi connectivity index (χ1) is 24.3. The molecule has 1 fully saturated rings. The zero-order chi connectivity index (χ0) is 37.3. The maximum atomic E-state index is 13.4. The predicted molar refractivity (Wildman–Crippen MR) is 181 cm³/mol. The van der Waals surface area contributed by atoms with Crippen LogP contribution in [0.15, 0.2) is 36.5 Å². The number of anilines is 1. The molecular formula is C32H46N9O10+. The van der Waals surface area contributed by atoms with Crippen molar-refractivity contribution in [1.29, 1.82) is 0 Å². The normalized spacial score (nSPS) is 15.5. The first-order valence-electron chi connectivity index (χ1n) is 16.3. The van der Waals surface area contributed by atoms with Crippen LogP contribution in [0.1, 0.15) is 0 Å². The summed E-state index contributed by atoms with van der Waals surface area (Å²) >= 11 is 0. The predicted octanol–water partition coefficient (Wildman–Crippen LogP) is -3.57. The Balaban J connectivity index is 1.80. The number of carbonyl (C=O) groups excluding carboxylic acids is 4. The third-order valence-corrected chi connectivity index (χ3v) is 7.95. The second-order valence-corrected chi connectivity index (χ2v) is 12.1. The molecule has 0 radical (unpaired) electrons. The second kappa shape index (κ2) is 20.4. The molecule has 0 unspecified atom stereocenters. The molecule has 0 bridgehead atoms. The lowest BCUT2D eigenvalue weighted by atomic mass is 10.2. The Hall–Kier alpha value is -5.24. The molecule has 1 aliphatic rings. The van der Waals surface area contributed by atoms with Gasteiger partial charge in [0.2, 0.25) is 29.1 Å². The minimum Gasteiger partial charge on any atom is -0.480 e. The molecule has 2 aromatic rings. The van der Waals surface area contributed by atoms with E-state index >= 15 is 0 Å². The number of benzene rings is 1. The van der Waals surface area contributed by atoms with Crippen molar-refractivity contribution in [3.05, 3.63) is 36.5 Å². The molecule has 0 aliphatic carbocycles. The molecule has 278 valence electrons. The number of fused-ring (bicyclic) bond motifs is 1. The van der Waals surface area contributed by atoms with Gasteiger partial charge in [0.25, 0.3) is 0 Å². The average Bonchev–Trinajstić information content (AvgIpc) is 3.06. The topological polar surface area (TPSA) is 245 Å². The van der Waals surface area contributed by atoms with Gasteiger partial charge in [-0.1, -0.05) is 12.1 Å². The van der Waals surface area contributed by atoms with Crippen molar-refractivity contribution in [2.75, 3.05) is 103 Å². The van der Waals surface area contributed by atoms with Gasteiger partial charge in [-0.3, -0.25) is 53.2 Å². The third-order valence-electron chi connectivity index (χ3n) is 7.95. The number of para-hydroxylation sites is 1. The summed E-state index contributed by atoms with van der Waals surface area (Å²) in [6, 6.07) is 9.59. The van der Waals surface area contributed by atoms with Gasteiger partial charge < -0.3 is 36.6 Å². The lowest BCUT2D eigenvalue weighted by molar-refractivity contribution is -0.644. The van der Waals surface area contributed by atoms with Crippen molar-refractivity contribution in [3.8, 4) is 0 Å². The quantitative estimate of drug-likeness (QED) is 0.0882. The van der Waals surface area contributed by atoms with E-state index in [-0.39, 0.29) is 71.4 Å². The number of aliphatic carboxylic acids is 3. The summed E-state index contributed by atoms with van der Waals surface area (Å²) in [5.74, 6) is -5.50. The second-order valence-electron chi connectivity index (χ2n) is 12.1. The highest BCUT2D eigenvalue weighted by atomic mass is 16.4. The number of carbonyl (C=O) groups is 7. The van der Waals surface area contributed by atoms with E-state index < -0.39 is 55.3 Å². The number of aryl methyl sites for hydroxylation is 1. The number of rotatable bonds is 15. The molecular weight excluding hydrogens is 670 g/mol. The molecule has 4 amide bonds. The highest BCUT2D eigenvalue weighted by Crippen LogP contribution is 2.14. The van der Waals surface area contributed by atoms with Gasteiger partial charge in [0.15, 0.2) is 6.20 Å². The number of aromatic nitrogens is 1. The largest absolute Gasteiger partial charge is 0.480 e. The van der Waals surface area contributed by atoms with Crippen LogP contribution in [-0.2, 0) is 40.6 Å². The number of pyridine rings is 1. The van der Waals surface area contributed by atoms with Gasteiger partial charge in [-0.05, 0) is 12.1 Å². The van der Waals surface area contributed by atoms with E-state index in [2.05, 4.69) is 21.3 Å². The van der Waals surface area contributed by atoms with Crippen molar-refractivity contribution >= 4 is 58.1 Å². The lowest BCUT2D eigenvalue weighted by Gasteiger charge is -2.33. The van der Waals surface area contributed by atoms with E-state index in [4.69, 9.17) is 15.3 Å². The van der Waals surface area contributed by atoms with E-state index in [1.54, 1.807) is 20.9 Å². The summed E-state index contributed by atoms with van der Waals surface area (Å²) in [6.07, 6.45) is 1.80. The Morgan fingerprint density at radius 2 is 0.941 bits per heavy atom. The van der Waals surface area contributed by atoms with Crippen molar-refractivity contribution < 1.29 is 53.4 Å². The molecule has 19 nitrogen and oxygen atoms in total. The molecule has 1 aromatic carbocycles. The van der Waals surface area contributed by atoms with Gasteiger partial charge in [0.05, 0.1) is 26.2 Å². The average molecular weight is 717 g/mol. The fraction of sp³-hybridized carbons (Fsp3) is 0.500. The number of nitrogens with one attached hydrogen (secondary N) is 4. The first kappa shape index (κ1) is 40.2. The Morgan fingerprint density at radius 1 is 0.588 bits per heavy atom. The van der Waals surface area contributed by atoms with Gasteiger partial charge >= 0.3 is 17.9 Å². The fourth-order valence-electron chi connectivity index (χ4n) is 5.40. The fourth-order valence-corrected chi connectivity index (χ4v) is 5.40. The van der Waals surface area contributed by atoms with Crippen LogP contribution >= 0.6 is 0 Å². The monoisotopic (exact) mass is 716 g/mol. The molecule has 7 N–H and O–H groups in total. The standard InChI is InChI=1S/C32H45N9O10/c1-37-18-24(14-23-4-2-3-5-25(23)37)36-29(45)22-41-12-10-39(20-27(43)34-16-31(48)49)8-6-38(19-26(42)33-15-30(46)47)7-9-40(11-13-41)21-28(44)35-17-32(50)51/h2-5,14,18H,6-13,15-17,19-22H2,1H3,(H6-,33,34,35,36,42,43,44,45,46,47,48,49,50,51)/p+1. The molecule has 19 heteroatoms. The molecule has 1 aromatic heterocycles. The van der Waals surface area contributed by atoms with Gasteiger partial charge in [-0.2, -0.15) is 4.57 Å². The number of carboxylic acids is 3. The van der Waals surface area contributed by atoms with Crippen LogP contribution in [0.5, 0.6) is 0 Å². The number of amides is 4. The SMILES string of the molecule is C[n+]1cc(NC(=O)CN2CCN(CC(=O)NCC(=O)O)CCN(CC(=O)NCC(=O)O)CCN(CC(=O)NCC(=O)O)CC2)cc2ccccc21. The van der Waals surface area contributed by atoms with E-state index in [9.17, 15) is 33.6 Å². The Labute approximate surface area is 294 Å². The Morgan fingerprint density at radius 3 is 1.31 bits per heavy atom. The summed E-state index contributed by atoms with van der Waals surface area (Å²) in [6.45, 7) is -0.0917. The van der Waals surface area contributed by atoms with Crippen LogP contribution in [0, 0.1) is 0 Å². The van der Waals surface area contributed by atoms with Crippen molar-refractivity contribution in [3.63, 3.8) is 0 Å². The molecule has 0 atom stereocenters. The minimum absolute atomic E-state index is 0.0372. The summed E-state index contributed by atoms with van der Waals surface area (Å²) < 4.78 is 1.90. The van der Waals surface area contributed by atoms with Gasteiger partial charge in [-0.15, -0.1) is 0 Å². The van der Waals surface area contributed by atoms with E-state index in [1.807, 2.05) is 46.8 Å². The van der Waals surface area contributed by atoms with E-state index in [0.717, 1.165) is 10.9 Å². The number of carboxylic acid groups (broad SMARTS) is 3. The highest BCUT2D eigenvalue weighted by Gasteiger charge is 2.22. The van der Waals surface area contributed by atoms with Crippen molar-refractivity contribution in [2.24, 2.45) is 7.05 Å². The van der Waals surface area contributed by atoms with Crippen LogP contribution in [0.2, 0.25) is 0 Å². The summed E-state index contributed by atoms with van der Waals surface area (Å²) in [7, 11) is 1.88. The van der Waals surface area contributed by atoms with Crippen LogP contribution in [0.3, 0.4) is 0 Å². The third kappa shape index (κ3) is 15.5. The minimum atomic E-state index is -1.21. The molecule has 0 spiro atoms. The Kier molecular flexibility index (Phi) is 16.1. The molecule has 0 saturated carbocycles. The van der Waals surface area contributed by atoms with Gasteiger partial charge in [-0.25, -0.2) is 0 Å². The van der Waals surface area contributed by atoms with E-state index in [0.29, 0.717) is 18.8 Å². The summed E-state index contributed by atoms with van der Waals surface area (Å²) in [4.78, 5) is 91.2. The van der Waals surface area contributed by atoms with E-state index in [1.165, 1.54) is 0 Å². The van der Waals surface area contributed by atoms with Crippen molar-refractivity contribution in [2.45, 2.75) is 0 Å². The summed E-state index contributed by atoms with van der Waals surface area (Å²) in [5, 5.41) is 37.8. The zero-order valence-corrected chi connectivity index (χ0v) is 28.5. The summed E-state index contributed by atoms with van der Waals surface area (Å²) in [5.41, 5.74) is 1.58. The molecule has 1 aliphatic heterocycles. The number of nitrogens with zero attached hydrogens (tertiary/aromatic N) is 5. The smallest absolute Gasteiger partial charge is 0.322 e. The lowest BCUT2D eigenvalue weighted by Crippen LogP contribution is -2.51. The molecule has 51 heavy (non-hydrogen) atoms. The van der Waals surface area contributed by atoms with Crippen molar-refractivity contribution in [1.82, 2.24) is 35.6 Å². The number of hydrogen-bond donors (Lipinski definition) is 7. The first-order valence-corrected chi connectivity index (χ1v) is 16.3. The highest BCUT2D eigenvalue weighted by molar-refractivity contribution is 5.93. The molecule has 3 rings (SSSR count). The van der Waals surface area contributed by atoms with Crippen LogP contribution in [0.25, 0.3) is 10.9 Å². The van der Waals surface area contributed by atoms with Crippen LogP contribution in [-0.4, -0.2) is 175 Å². The molecule has 1 saturated heterocycles. The van der Waals surface area contributed by atoms with Crippen LogP contribution in [0.4, 0.5) is 5.69 Å². The molecule has 2 heterocycles. The zero-order valence-electron chi connectivity index (χ0n) is 28.5. The van der Waals surface area contributed by atoms with Crippen LogP contribution < -0.4 is 25.8 Å². The Bertz CT molecular complexity index is 1530. The maximum absolute atomic E-state index is 13.4. The maximum Gasteiger partial charge on any atom is 0.322 e. The van der Waals surface area contributed by atoms with Gasteiger partial charge in [0, 0.05) is 63.8 Å². The van der Waals surface area contributed by atoms with Gasteiger partial charge in [0.1, 0.15) is 32.4 Å². The number of hydrogen-bond acceptors (Lipinski definition) is 11.